The van der Waals surface area contributed by atoms with Crippen molar-refractivity contribution < 1.29 is 37.1 Å². The van der Waals surface area contributed by atoms with E-state index in [1.54, 1.807) is 6.07 Å². The fourth-order valence-corrected chi connectivity index (χ4v) is 16.3. The minimum Gasteiger partial charge on any atom is -0.478 e. The highest BCUT2D eigenvalue weighted by molar-refractivity contribution is 7.65. The molecular weight excluding hydrogens is 1190 g/mol. The van der Waals surface area contributed by atoms with Gasteiger partial charge in [-0.3, -0.25) is 9.13 Å². The molecule has 10 heteroatoms. The van der Waals surface area contributed by atoms with E-state index in [1.807, 2.05) is 0 Å². The summed E-state index contributed by atoms with van der Waals surface area (Å²) in [6, 6.07) is 4.63. The number of hydrogen-bond acceptors (Lipinski definition) is 7. The van der Waals surface area contributed by atoms with Crippen LogP contribution in [-0.2, 0) is 27.2 Å². The van der Waals surface area contributed by atoms with Crippen LogP contribution in [0, 0.1) is 0 Å². The lowest BCUT2D eigenvalue weighted by Gasteiger charge is -2.23. The summed E-state index contributed by atoms with van der Waals surface area (Å²) in [6.07, 6.45) is 80.6. The predicted octanol–water partition coefficient (Wildman–Crippen LogP) is 30.8. The van der Waals surface area contributed by atoms with Crippen molar-refractivity contribution in [2.75, 3.05) is 26.4 Å². The van der Waals surface area contributed by atoms with E-state index in [-0.39, 0.29) is 42.6 Å². The maximum atomic E-state index is 15.1. The molecule has 0 aliphatic carbocycles. The first-order chi connectivity index (χ1) is 45.6. The highest BCUT2D eigenvalue weighted by Gasteiger charge is 2.34. The van der Waals surface area contributed by atoms with Gasteiger partial charge in [-0.25, -0.2) is 4.79 Å². The van der Waals surface area contributed by atoms with Crippen LogP contribution in [0.3, 0.4) is 0 Å². The molecule has 0 radical (unpaired) electrons. The Morgan fingerprint density at radius 2 is 0.387 bits per heavy atom. The maximum Gasteiger partial charge on any atom is 0.361 e. The third kappa shape index (κ3) is 54.0. The van der Waals surface area contributed by atoms with Gasteiger partial charge >= 0.3 is 21.2 Å². The van der Waals surface area contributed by atoms with Crippen LogP contribution in [0.4, 0.5) is 0 Å². The number of benzene rings is 1. The van der Waals surface area contributed by atoms with Gasteiger partial charge in [-0.05, 0) is 55.0 Å². The summed E-state index contributed by atoms with van der Waals surface area (Å²) in [4.78, 5) is 12.9. The third-order valence-electron chi connectivity index (χ3n) is 19.5. The topological polar surface area (TPSA) is 108 Å². The van der Waals surface area contributed by atoms with Crippen LogP contribution in [0.15, 0.2) is 31.4 Å². The summed E-state index contributed by atoms with van der Waals surface area (Å²) < 4.78 is 55.5. The zero-order valence-electron chi connectivity index (χ0n) is 62.4. The number of carbonyl (C=O) groups is 1. The second kappa shape index (κ2) is 67.6. The van der Waals surface area contributed by atoms with Gasteiger partial charge in [0, 0.05) is 0 Å². The van der Waals surface area contributed by atoms with E-state index in [9.17, 15) is 9.90 Å². The van der Waals surface area contributed by atoms with Crippen LogP contribution in [0.2, 0.25) is 0 Å². The fraction of sp³-hybridized carbons (Fsp3) is 0.867. The molecule has 0 saturated heterocycles. The molecule has 1 aromatic rings. The van der Waals surface area contributed by atoms with E-state index in [0.29, 0.717) is 11.1 Å². The van der Waals surface area contributed by atoms with Crippen molar-refractivity contribution in [1.29, 1.82) is 0 Å². The standard InChI is InChI=1S/C83H156O8P2/c1-7-11-15-19-23-27-31-35-39-43-47-51-55-59-63-67-71-88-92(86,89-72-68-64-60-56-52-48-44-40-36-32-28-24-20-16-12-8-2)78(5)80-75-81(77-82(76-80)83(84)85)79(6)93(87,90-73-69-65-61-57-53-49-45-41-37-33-29-25-21-17-13-9-3)91-74-70-66-62-58-54-50-46-42-38-34-30-26-22-18-14-10-4/h75-77H,5-74H2,1-4H3,(H,84,85). The summed E-state index contributed by atoms with van der Waals surface area (Å²) in [5, 5.41) is 10.7. The molecular formula is C83H156O8P2. The van der Waals surface area contributed by atoms with Crippen LogP contribution in [-0.4, -0.2) is 37.5 Å². The average Bonchev–Trinajstić information content (AvgIpc) is 0.843. The smallest absolute Gasteiger partial charge is 0.361 e. The lowest BCUT2D eigenvalue weighted by molar-refractivity contribution is 0.0696. The Hall–Kier alpha value is -1.53. The number of rotatable bonds is 77. The maximum absolute atomic E-state index is 15.1. The van der Waals surface area contributed by atoms with E-state index in [0.717, 1.165) is 77.0 Å². The SMILES string of the molecule is C=C(c1cc(C(=C)P(=O)(OCCCCCCCCCCCCCCCCCC)OCCCCCCCCCCCCCCCCCC)cc(C(=O)O)c1)P(=O)(OCCCCCCCCCCCCCCCCCC)OCCCCCCCCCCCCCCCCCC. The molecule has 1 aromatic carbocycles. The monoisotopic (exact) mass is 1340 g/mol. The molecule has 0 aromatic heterocycles. The van der Waals surface area contributed by atoms with Gasteiger partial charge in [0.05, 0.1) is 42.6 Å². The molecule has 1 N–H and O–H groups in total. The Morgan fingerprint density at radius 3 is 0.527 bits per heavy atom. The third-order valence-corrected chi connectivity index (χ3v) is 23.5. The quantitative estimate of drug-likeness (QED) is 0.0508. The molecule has 0 unspecified atom stereocenters. The highest BCUT2D eigenvalue weighted by Crippen LogP contribution is 2.63. The fourth-order valence-electron chi connectivity index (χ4n) is 13.1. The Labute approximate surface area is 578 Å². The predicted molar refractivity (Wildman–Crippen MR) is 409 cm³/mol. The molecule has 546 valence electrons. The Balaban J connectivity index is 3.03. The normalized spacial score (nSPS) is 12.0. The van der Waals surface area contributed by atoms with Gasteiger partial charge in [-0.1, -0.05) is 426 Å². The van der Waals surface area contributed by atoms with E-state index in [2.05, 4.69) is 40.9 Å². The number of aromatic carboxylic acids is 1. The summed E-state index contributed by atoms with van der Waals surface area (Å²) in [5.74, 6) is -1.17. The van der Waals surface area contributed by atoms with Crippen LogP contribution < -0.4 is 0 Å². The van der Waals surface area contributed by atoms with Crippen LogP contribution in [0.25, 0.3) is 10.6 Å². The van der Waals surface area contributed by atoms with Gasteiger partial charge in [0.15, 0.2) is 0 Å². The molecule has 0 bridgehead atoms. The van der Waals surface area contributed by atoms with Crippen molar-refractivity contribution in [3.05, 3.63) is 48.0 Å². The van der Waals surface area contributed by atoms with Gasteiger partial charge < -0.3 is 23.2 Å². The molecule has 0 spiro atoms. The van der Waals surface area contributed by atoms with Crippen molar-refractivity contribution in [2.45, 2.75) is 439 Å². The van der Waals surface area contributed by atoms with Crippen molar-refractivity contribution in [2.24, 2.45) is 0 Å². The van der Waals surface area contributed by atoms with Crippen molar-refractivity contribution in [3.8, 4) is 0 Å². The zero-order chi connectivity index (χ0) is 67.5. The summed E-state index contributed by atoms with van der Waals surface area (Å²) in [7, 11) is -8.00. The van der Waals surface area contributed by atoms with E-state index in [4.69, 9.17) is 18.1 Å². The summed E-state index contributed by atoms with van der Waals surface area (Å²) in [5.41, 5.74) is 0.542. The first-order valence-electron chi connectivity index (χ1n) is 41.1. The van der Waals surface area contributed by atoms with E-state index in [1.165, 1.54) is 346 Å². The molecule has 1 rings (SSSR count). The number of carboxylic acid groups (broad SMARTS) is 1. The number of carboxylic acids is 1. The van der Waals surface area contributed by atoms with Crippen LogP contribution >= 0.6 is 15.2 Å². The second-order valence-corrected chi connectivity index (χ2v) is 32.6. The van der Waals surface area contributed by atoms with E-state index >= 15 is 9.13 Å². The first kappa shape index (κ1) is 89.5. The molecule has 0 atom stereocenters. The Bertz CT molecular complexity index is 1710. The molecule has 0 fully saturated rings. The summed E-state index contributed by atoms with van der Waals surface area (Å²) >= 11 is 0. The van der Waals surface area contributed by atoms with Gasteiger partial charge in [0.1, 0.15) is 0 Å². The van der Waals surface area contributed by atoms with Crippen molar-refractivity contribution in [1.82, 2.24) is 0 Å². The zero-order valence-corrected chi connectivity index (χ0v) is 64.2. The lowest BCUT2D eigenvalue weighted by atomic mass is 10.0. The van der Waals surface area contributed by atoms with Gasteiger partial charge in [0.2, 0.25) is 0 Å². The molecule has 0 aliphatic heterocycles. The van der Waals surface area contributed by atoms with Gasteiger partial charge in [-0.2, -0.15) is 0 Å². The molecule has 0 saturated carbocycles. The number of hydrogen-bond donors (Lipinski definition) is 1. The summed E-state index contributed by atoms with van der Waals surface area (Å²) in [6.45, 7) is 18.8. The lowest BCUT2D eigenvalue weighted by Crippen LogP contribution is -2.05. The molecule has 0 heterocycles. The largest absolute Gasteiger partial charge is 0.478 e. The Morgan fingerprint density at radius 1 is 0.258 bits per heavy atom. The van der Waals surface area contributed by atoms with Crippen LogP contribution in [0.1, 0.15) is 460 Å². The van der Waals surface area contributed by atoms with Crippen LogP contribution in [0.5, 0.6) is 0 Å². The first-order valence-corrected chi connectivity index (χ1v) is 44.2. The van der Waals surface area contributed by atoms with Gasteiger partial charge in [-0.15, -0.1) is 0 Å². The minimum absolute atomic E-state index is 0.0610. The molecule has 93 heavy (non-hydrogen) atoms. The average molecular weight is 1340 g/mol. The molecule has 0 amide bonds. The molecule has 0 aliphatic rings. The van der Waals surface area contributed by atoms with Gasteiger partial charge in [0.25, 0.3) is 0 Å². The second-order valence-electron chi connectivity index (χ2n) is 28.5. The minimum atomic E-state index is -4.00. The van der Waals surface area contributed by atoms with E-state index < -0.39 is 21.2 Å². The van der Waals surface area contributed by atoms with Crippen molar-refractivity contribution >= 4 is 31.8 Å². The Kier molecular flexibility index (Phi) is 65.1. The number of unbranched alkanes of at least 4 members (excludes halogenated alkanes) is 60. The highest BCUT2D eigenvalue weighted by atomic mass is 31.2. The molecule has 8 nitrogen and oxygen atoms in total. The van der Waals surface area contributed by atoms with Crippen molar-refractivity contribution in [3.63, 3.8) is 0 Å².